The van der Waals surface area contributed by atoms with Gasteiger partial charge in [-0.3, -0.25) is 4.79 Å². The minimum atomic E-state index is -0.589. The van der Waals surface area contributed by atoms with Crippen LogP contribution in [0.2, 0.25) is 0 Å². The van der Waals surface area contributed by atoms with Gasteiger partial charge in [0.1, 0.15) is 17.3 Å². The normalized spacial score (nSPS) is 16.7. The summed E-state index contributed by atoms with van der Waals surface area (Å²) in [5.74, 6) is 0.871. The van der Waals surface area contributed by atoms with Crippen LogP contribution in [-0.2, 0) is 0 Å². The molecule has 1 amide bonds. The van der Waals surface area contributed by atoms with E-state index in [1.807, 2.05) is 18.2 Å². The maximum Gasteiger partial charge on any atom is 0.268 e. The second-order valence-electron chi connectivity index (χ2n) is 4.67. The summed E-state index contributed by atoms with van der Waals surface area (Å²) in [6, 6.07) is 6.00. The molecule has 2 heterocycles. The third kappa shape index (κ3) is 2.97. The number of hydrogen-bond acceptors (Lipinski definition) is 5. The zero-order valence-corrected chi connectivity index (χ0v) is 12.6. The Morgan fingerprint density at radius 2 is 2.24 bits per heavy atom. The Hall–Kier alpha value is -2.15. The van der Waals surface area contributed by atoms with Crippen LogP contribution in [0.3, 0.4) is 0 Å². The van der Waals surface area contributed by atoms with Gasteiger partial charge in [0.25, 0.3) is 5.91 Å². The summed E-state index contributed by atoms with van der Waals surface area (Å²) in [4.78, 5) is 19.1. The molecule has 0 saturated carbocycles. The van der Waals surface area contributed by atoms with Crippen molar-refractivity contribution in [3.05, 3.63) is 46.3 Å². The van der Waals surface area contributed by atoms with Gasteiger partial charge in [-0.2, -0.15) is 0 Å². The Labute approximate surface area is 129 Å². The number of benzene rings is 1. The van der Waals surface area contributed by atoms with Gasteiger partial charge in [0.15, 0.2) is 0 Å². The number of carbonyl (C=O) groups excluding carboxylic acids is 1. The van der Waals surface area contributed by atoms with E-state index in [1.54, 1.807) is 0 Å². The molecule has 1 aliphatic heterocycles. The molecule has 0 spiro atoms. The van der Waals surface area contributed by atoms with Crippen LogP contribution in [-0.4, -0.2) is 22.5 Å². The highest BCUT2D eigenvalue weighted by Gasteiger charge is 2.22. The molecule has 2 aromatic rings. The number of fused-ring (bicyclic) bond motifs is 1. The van der Waals surface area contributed by atoms with Crippen molar-refractivity contribution in [3.8, 4) is 5.75 Å². The molecule has 1 atom stereocenters. The van der Waals surface area contributed by atoms with Gasteiger partial charge in [-0.1, -0.05) is 15.9 Å². The molecule has 0 aliphatic carbocycles. The Morgan fingerprint density at radius 1 is 1.38 bits per heavy atom. The summed E-state index contributed by atoms with van der Waals surface area (Å²) in [5.41, 5.74) is 6.36. The summed E-state index contributed by atoms with van der Waals surface area (Å²) in [7, 11) is 0. The molecule has 21 heavy (non-hydrogen) atoms. The number of primary amides is 1. The first-order valence-electron chi connectivity index (χ1n) is 6.44. The Bertz CT molecular complexity index is 675. The van der Waals surface area contributed by atoms with Crippen molar-refractivity contribution in [2.45, 2.75) is 12.5 Å². The summed E-state index contributed by atoms with van der Waals surface area (Å²) in [6.45, 7) is 0.638. The number of rotatable bonds is 3. The molecule has 0 radical (unpaired) electrons. The molecule has 3 N–H and O–H groups in total. The van der Waals surface area contributed by atoms with Gasteiger partial charge < -0.3 is 15.8 Å². The van der Waals surface area contributed by atoms with Gasteiger partial charge in [0.2, 0.25) is 0 Å². The fourth-order valence-corrected chi connectivity index (χ4v) is 2.60. The van der Waals surface area contributed by atoms with Gasteiger partial charge in [-0.15, -0.1) is 0 Å². The fourth-order valence-electron chi connectivity index (χ4n) is 2.22. The number of carbonyl (C=O) groups is 1. The van der Waals surface area contributed by atoms with Crippen molar-refractivity contribution in [2.24, 2.45) is 5.73 Å². The Kier molecular flexibility index (Phi) is 3.74. The lowest BCUT2D eigenvalue weighted by molar-refractivity contribution is 0.0995. The number of aromatic nitrogens is 2. The third-order valence-corrected chi connectivity index (χ3v) is 3.73. The van der Waals surface area contributed by atoms with Crippen molar-refractivity contribution in [3.63, 3.8) is 0 Å². The minimum Gasteiger partial charge on any atom is -0.493 e. The van der Waals surface area contributed by atoms with Crippen LogP contribution in [0, 0.1) is 0 Å². The molecule has 0 bridgehead atoms. The summed E-state index contributed by atoms with van der Waals surface area (Å²) in [5, 5.41) is 3.30. The highest BCUT2D eigenvalue weighted by Crippen LogP contribution is 2.35. The van der Waals surface area contributed by atoms with E-state index in [4.69, 9.17) is 10.5 Å². The molecule has 1 aromatic carbocycles. The van der Waals surface area contributed by atoms with Crippen molar-refractivity contribution in [1.82, 2.24) is 9.97 Å². The zero-order chi connectivity index (χ0) is 14.8. The van der Waals surface area contributed by atoms with E-state index in [1.165, 1.54) is 12.4 Å². The molecule has 1 aliphatic rings. The number of nitrogens with one attached hydrogen (secondary N) is 1. The van der Waals surface area contributed by atoms with Crippen molar-refractivity contribution < 1.29 is 9.53 Å². The minimum absolute atomic E-state index is 0.0833. The highest BCUT2D eigenvalue weighted by atomic mass is 79.9. The topological polar surface area (TPSA) is 90.1 Å². The lowest BCUT2D eigenvalue weighted by Gasteiger charge is -2.27. The van der Waals surface area contributed by atoms with Gasteiger partial charge in [-0.25, -0.2) is 9.97 Å². The Morgan fingerprint density at radius 3 is 2.95 bits per heavy atom. The van der Waals surface area contributed by atoms with Crippen LogP contribution in [0.25, 0.3) is 0 Å². The monoisotopic (exact) mass is 348 g/mol. The predicted octanol–water partition coefficient (Wildman–Crippen LogP) is 2.27. The predicted molar refractivity (Wildman–Crippen MR) is 81.2 cm³/mol. The highest BCUT2D eigenvalue weighted by molar-refractivity contribution is 9.10. The van der Waals surface area contributed by atoms with Crippen LogP contribution in [0.15, 0.2) is 35.1 Å². The maximum atomic E-state index is 11.0. The fraction of sp³-hybridized carbons (Fsp3) is 0.214. The summed E-state index contributed by atoms with van der Waals surface area (Å²) >= 11 is 3.47. The molecular weight excluding hydrogens is 336 g/mol. The first-order valence-corrected chi connectivity index (χ1v) is 7.23. The summed E-state index contributed by atoms with van der Waals surface area (Å²) in [6.07, 6.45) is 3.70. The smallest absolute Gasteiger partial charge is 0.268 e. The Balaban J connectivity index is 1.83. The van der Waals surface area contributed by atoms with E-state index < -0.39 is 5.91 Å². The molecule has 6 nitrogen and oxygen atoms in total. The summed E-state index contributed by atoms with van der Waals surface area (Å²) < 4.78 is 6.63. The second-order valence-corrected chi connectivity index (χ2v) is 5.58. The molecule has 3 rings (SSSR count). The van der Waals surface area contributed by atoms with E-state index >= 15 is 0 Å². The lowest BCUT2D eigenvalue weighted by Crippen LogP contribution is -2.21. The van der Waals surface area contributed by atoms with Crippen molar-refractivity contribution in [1.29, 1.82) is 0 Å². The molecule has 0 fully saturated rings. The van der Waals surface area contributed by atoms with E-state index in [-0.39, 0.29) is 11.7 Å². The number of halogens is 1. The van der Waals surface area contributed by atoms with E-state index in [0.29, 0.717) is 12.4 Å². The van der Waals surface area contributed by atoms with Gasteiger partial charge >= 0.3 is 0 Å². The SMILES string of the molecule is NC(=O)c1cnc(NC2CCOc3ccc(Br)cc32)cn1. The van der Waals surface area contributed by atoms with Crippen LogP contribution >= 0.6 is 15.9 Å². The number of amides is 1. The van der Waals surface area contributed by atoms with Gasteiger partial charge in [0, 0.05) is 16.5 Å². The van der Waals surface area contributed by atoms with Crippen LogP contribution < -0.4 is 15.8 Å². The standard InChI is InChI=1S/C14H13BrN4O2/c15-8-1-2-12-9(5-8)10(3-4-21-12)19-13-7-17-11(6-18-13)14(16)20/h1-2,5-7,10H,3-4H2,(H2,16,20)(H,18,19). The van der Waals surface area contributed by atoms with Crippen LogP contribution in [0.1, 0.15) is 28.5 Å². The van der Waals surface area contributed by atoms with Crippen molar-refractivity contribution in [2.75, 3.05) is 11.9 Å². The average Bonchev–Trinajstić information content (AvgIpc) is 2.48. The van der Waals surface area contributed by atoms with Crippen LogP contribution in [0.4, 0.5) is 5.82 Å². The molecule has 7 heteroatoms. The second kappa shape index (κ2) is 5.69. The molecule has 0 saturated heterocycles. The molecule has 108 valence electrons. The first-order chi connectivity index (χ1) is 10.1. The van der Waals surface area contributed by atoms with E-state index in [9.17, 15) is 4.79 Å². The number of hydrogen-bond donors (Lipinski definition) is 2. The van der Waals surface area contributed by atoms with Gasteiger partial charge in [-0.05, 0) is 18.2 Å². The van der Waals surface area contributed by atoms with E-state index in [0.717, 1.165) is 22.2 Å². The quantitative estimate of drug-likeness (QED) is 0.887. The van der Waals surface area contributed by atoms with Gasteiger partial charge in [0.05, 0.1) is 25.0 Å². The third-order valence-electron chi connectivity index (χ3n) is 3.24. The number of anilines is 1. The maximum absolute atomic E-state index is 11.0. The largest absolute Gasteiger partial charge is 0.493 e. The van der Waals surface area contributed by atoms with Crippen LogP contribution in [0.5, 0.6) is 5.75 Å². The van der Waals surface area contributed by atoms with E-state index in [2.05, 4.69) is 31.2 Å². The van der Waals surface area contributed by atoms with Crippen molar-refractivity contribution >= 4 is 27.7 Å². The molecular formula is C14H13BrN4O2. The lowest BCUT2D eigenvalue weighted by atomic mass is 10.0. The molecule has 1 unspecified atom stereocenters. The zero-order valence-electron chi connectivity index (χ0n) is 11.0. The molecule has 1 aromatic heterocycles. The number of nitrogens with two attached hydrogens (primary N) is 1. The first kappa shape index (κ1) is 13.8. The average molecular weight is 349 g/mol. The number of nitrogens with zero attached hydrogens (tertiary/aromatic N) is 2. The number of ether oxygens (including phenoxy) is 1.